The Hall–Kier alpha value is -1.82. The smallest absolute Gasteiger partial charge is 0.133 e. The van der Waals surface area contributed by atoms with Crippen LogP contribution in [0.3, 0.4) is 0 Å². The van der Waals surface area contributed by atoms with Gasteiger partial charge in [-0.05, 0) is 30.3 Å². The lowest BCUT2D eigenvalue weighted by Crippen LogP contribution is -2.46. The maximum atomic E-state index is 10.1. The minimum absolute atomic E-state index is 0.478. The molecule has 1 aliphatic heterocycles. The highest BCUT2D eigenvalue weighted by atomic mass is 16.4. The first-order valence-electron chi connectivity index (χ1n) is 8.75. The lowest BCUT2D eigenvalue weighted by Gasteiger charge is -2.36. The summed E-state index contributed by atoms with van der Waals surface area (Å²) in [4.78, 5) is 4.95. The monoisotopic (exact) mass is 329 g/mol. The lowest BCUT2D eigenvalue weighted by molar-refractivity contribution is 0.147. The standard InChI is InChI=1S/C19H27N3O2/c1-2-21-9-11-22(12-10-21)17-7-4-3-6-16(17)14-20-15-18(23)19-8-5-13-24-19/h3-8,13,18,20,23H,2,9-12,14-15H2,1H3. The van der Waals surface area contributed by atoms with Gasteiger partial charge in [-0.1, -0.05) is 25.1 Å². The van der Waals surface area contributed by atoms with Crippen LogP contribution < -0.4 is 10.2 Å². The molecule has 0 amide bonds. The van der Waals surface area contributed by atoms with Gasteiger partial charge in [-0.25, -0.2) is 0 Å². The van der Waals surface area contributed by atoms with Crippen LogP contribution in [-0.4, -0.2) is 49.3 Å². The van der Waals surface area contributed by atoms with Crippen molar-refractivity contribution in [2.24, 2.45) is 0 Å². The number of aliphatic hydroxyl groups excluding tert-OH is 1. The molecule has 2 aromatic rings. The normalized spacial score (nSPS) is 17.2. The fraction of sp³-hybridized carbons (Fsp3) is 0.474. The Labute approximate surface area is 143 Å². The lowest BCUT2D eigenvalue weighted by atomic mass is 10.1. The fourth-order valence-electron chi connectivity index (χ4n) is 3.20. The molecule has 5 heteroatoms. The Bertz CT molecular complexity index is 607. The quantitative estimate of drug-likeness (QED) is 0.816. The van der Waals surface area contributed by atoms with Crippen LogP contribution in [0.1, 0.15) is 24.4 Å². The molecular formula is C19H27N3O2. The van der Waals surface area contributed by atoms with Gasteiger partial charge < -0.3 is 24.6 Å². The number of furan rings is 1. The van der Waals surface area contributed by atoms with Gasteiger partial charge in [-0.2, -0.15) is 0 Å². The first-order chi connectivity index (χ1) is 11.8. The summed E-state index contributed by atoms with van der Waals surface area (Å²) in [7, 11) is 0. The number of hydrogen-bond acceptors (Lipinski definition) is 5. The molecule has 1 aromatic heterocycles. The molecule has 0 radical (unpaired) electrons. The number of piperazine rings is 1. The summed E-state index contributed by atoms with van der Waals surface area (Å²) in [6, 6.07) is 12.1. The molecule has 1 aromatic carbocycles. The zero-order valence-electron chi connectivity index (χ0n) is 14.3. The van der Waals surface area contributed by atoms with E-state index in [1.54, 1.807) is 18.4 Å². The van der Waals surface area contributed by atoms with Crippen LogP contribution in [0.2, 0.25) is 0 Å². The summed E-state index contributed by atoms with van der Waals surface area (Å²) in [5.41, 5.74) is 2.57. The summed E-state index contributed by atoms with van der Waals surface area (Å²) in [5.74, 6) is 0.603. The summed E-state index contributed by atoms with van der Waals surface area (Å²) >= 11 is 0. The van der Waals surface area contributed by atoms with Crippen LogP contribution >= 0.6 is 0 Å². The van der Waals surface area contributed by atoms with E-state index in [1.807, 2.05) is 0 Å². The average Bonchev–Trinajstić information content (AvgIpc) is 3.17. The molecule has 24 heavy (non-hydrogen) atoms. The predicted molar refractivity (Wildman–Crippen MR) is 96.1 cm³/mol. The van der Waals surface area contributed by atoms with E-state index in [9.17, 15) is 5.11 Å². The van der Waals surface area contributed by atoms with Crippen molar-refractivity contribution >= 4 is 5.69 Å². The van der Waals surface area contributed by atoms with E-state index in [2.05, 4.69) is 46.3 Å². The minimum Gasteiger partial charge on any atom is -0.467 e. The van der Waals surface area contributed by atoms with Gasteiger partial charge in [-0.3, -0.25) is 0 Å². The highest BCUT2D eigenvalue weighted by molar-refractivity contribution is 5.54. The molecule has 1 unspecified atom stereocenters. The molecule has 5 nitrogen and oxygen atoms in total. The molecular weight excluding hydrogens is 302 g/mol. The number of hydrogen-bond donors (Lipinski definition) is 2. The van der Waals surface area contributed by atoms with Crippen LogP contribution in [0, 0.1) is 0 Å². The Morgan fingerprint density at radius 1 is 1.12 bits per heavy atom. The number of benzene rings is 1. The van der Waals surface area contributed by atoms with Gasteiger partial charge in [0.1, 0.15) is 11.9 Å². The number of nitrogens with zero attached hydrogens (tertiary/aromatic N) is 2. The summed E-state index contributed by atoms with van der Waals surface area (Å²) in [6.07, 6.45) is 0.976. The molecule has 0 aliphatic carbocycles. The molecule has 3 rings (SSSR count). The molecule has 130 valence electrons. The van der Waals surface area contributed by atoms with E-state index in [0.717, 1.165) is 39.3 Å². The largest absolute Gasteiger partial charge is 0.467 e. The Morgan fingerprint density at radius 2 is 1.92 bits per heavy atom. The maximum Gasteiger partial charge on any atom is 0.133 e. The van der Waals surface area contributed by atoms with Gasteiger partial charge in [0.25, 0.3) is 0 Å². The zero-order valence-corrected chi connectivity index (χ0v) is 14.3. The zero-order chi connectivity index (χ0) is 16.8. The van der Waals surface area contributed by atoms with Crippen molar-refractivity contribution in [3.05, 3.63) is 54.0 Å². The second-order valence-corrected chi connectivity index (χ2v) is 6.21. The van der Waals surface area contributed by atoms with Crippen molar-refractivity contribution in [1.29, 1.82) is 0 Å². The van der Waals surface area contributed by atoms with E-state index in [-0.39, 0.29) is 0 Å². The second-order valence-electron chi connectivity index (χ2n) is 6.21. The number of likely N-dealkylation sites (N-methyl/N-ethyl adjacent to an activating group) is 1. The van der Waals surface area contributed by atoms with Crippen LogP contribution in [0.5, 0.6) is 0 Å². The van der Waals surface area contributed by atoms with Crippen LogP contribution in [0.4, 0.5) is 5.69 Å². The van der Waals surface area contributed by atoms with E-state index in [0.29, 0.717) is 12.3 Å². The molecule has 1 aliphatic rings. The maximum absolute atomic E-state index is 10.1. The molecule has 0 spiro atoms. The second kappa shape index (κ2) is 8.33. The van der Waals surface area contributed by atoms with Crippen molar-refractivity contribution in [2.75, 3.05) is 44.2 Å². The number of para-hydroxylation sites is 1. The minimum atomic E-state index is -0.611. The van der Waals surface area contributed by atoms with Gasteiger partial charge >= 0.3 is 0 Å². The van der Waals surface area contributed by atoms with E-state index < -0.39 is 6.10 Å². The number of aliphatic hydroxyl groups is 1. The SMILES string of the molecule is CCN1CCN(c2ccccc2CNCC(O)c2ccco2)CC1. The Kier molecular flexibility index (Phi) is 5.91. The van der Waals surface area contributed by atoms with Crippen molar-refractivity contribution in [3.8, 4) is 0 Å². The van der Waals surface area contributed by atoms with Crippen LogP contribution in [0.25, 0.3) is 0 Å². The average molecular weight is 329 g/mol. The van der Waals surface area contributed by atoms with E-state index >= 15 is 0 Å². The van der Waals surface area contributed by atoms with E-state index in [4.69, 9.17) is 4.42 Å². The molecule has 2 N–H and O–H groups in total. The third-order valence-corrected chi connectivity index (χ3v) is 4.68. The van der Waals surface area contributed by atoms with Crippen molar-refractivity contribution < 1.29 is 9.52 Å². The molecule has 0 saturated carbocycles. The van der Waals surface area contributed by atoms with Crippen molar-refractivity contribution in [1.82, 2.24) is 10.2 Å². The summed E-state index contributed by atoms with van der Waals surface area (Å²) < 4.78 is 5.23. The molecule has 2 heterocycles. The molecule has 1 atom stereocenters. The topological polar surface area (TPSA) is 51.9 Å². The van der Waals surface area contributed by atoms with Crippen molar-refractivity contribution in [3.63, 3.8) is 0 Å². The van der Waals surface area contributed by atoms with Gasteiger partial charge in [-0.15, -0.1) is 0 Å². The number of anilines is 1. The molecule has 1 saturated heterocycles. The first kappa shape index (κ1) is 17.0. The third kappa shape index (κ3) is 4.17. The van der Waals surface area contributed by atoms with E-state index in [1.165, 1.54) is 11.3 Å². The Morgan fingerprint density at radius 3 is 2.62 bits per heavy atom. The molecule has 0 bridgehead atoms. The van der Waals surface area contributed by atoms with Gasteiger partial charge in [0.2, 0.25) is 0 Å². The van der Waals surface area contributed by atoms with Crippen molar-refractivity contribution in [2.45, 2.75) is 19.6 Å². The highest BCUT2D eigenvalue weighted by Crippen LogP contribution is 2.22. The summed E-state index contributed by atoms with van der Waals surface area (Å²) in [6.45, 7) is 8.94. The molecule has 1 fully saturated rings. The first-order valence-corrected chi connectivity index (χ1v) is 8.75. The van der Waals surface area contributed by atoms with Crippen LogP contribution in [-0.2, 0) is 6.54 Å². The van der Waals surface area contributed by atoms with Crippen LogP contribution in [0.15, 0.2) is 47.1 Å². The van der Waals surface area contributed by atoms with Gasteiger partial charge in [0.05, 0.1) is 6.26 Å². The van der Waals surface area contributed by atoms with Gasteiger partial charge in [0, 0.05) is 45.0 Å². The third-order valence-electron chi connectivity index (χ3n) is 4.68. The Balaban J connectivity index is 1.56. The number of rotatable bonds is 7. The van der Waals surface area contributed by atoms with Gasteiger partial charge in [0.15, 0.2) is 0 Å². The highest BCUT2D eigenvalue weighted by Gasteiger charge is 2.18. The number of nitrogens with one attached hydrogen (secondary N) is 1. The fourth-order valence-corrected chi connectivity index (χ4v) is 3.20. The predicted octanol–water partition coefficient (Wildman–Crippen LogP) is 2.24. The summed E-state index contributed by atoms with van der Waals surface area (Å²) in [5, 5.41) is 13.4.